The quantitative estimate of drug-likeness (QED) is 0.288. The monoisotopic (exact) mass is 448 g/mol. The minimum absolute atomic E-state index is 0.112. The van der Waals surface area contributed by atoms with Crippen LogP contribution in [0.1, 0.15) is 35.9 Å². The number of hydrogen-bond donors (Lipinski definition) is 1. The maximum atomic E-state index is 12.9. The lowest BCUT2D eigenvalue weighted by Gasteiger charge is -2.08. The Hall–Kier alpha value is -2.67. The highest BCUT2D eigenvalue weighted by molar-refractivity contribution is 6.33. The van der Waals surface area contributed by atoms with Crippen LogP contribution in [0.4, 0.5) is 8.78 Å². The first kappa shape index (κ1) is 22.0. The first-order valence-corrected chi connectivity index (χ1v) is 9.62. The Morgan fingerprint density at radius 3 is 1.90 bits per heavy atom. The highest BCUT2D eigenvalue weighted by Gasteiger charge is 2.10. The van der Waals surface area contributed by atoms with Gasteiger partial charge in [-0.15, -0.1) is 0 Å². The van der Waals surface area contributed by atoms with Crippen molar-refractivity contribution in [2.75, 3.05) is 0 Å². The number of carbonyl (C=O) groups excluding carboxylic acids is 1. The zero-order valence-corrected chi connectivity index (χ0v) is 17.5. The van der Waals surface area contributed by atoms with Crippen molar-refractivity contribution in [1.82, 2.24) is 9.97 Å². The molecule has 0 aliphatic rings. The van der Waals surface area contributed by atoms with Gasteiger partial charge in [-0.05, 0) is 50.2 Å². The van der Waals surface area contributed by atoms with E-state index in [0.717, 1.165) is 5.39 Å². The number of benzene rings is 2. The topological polar surface area (TPSA) is 63.1 Å². The standard InChI is InChI=1S/C11H9ClFNO.C11H7ClFNO/c2*1-6(15)9-4-7-2-3-8(13)5-10(7)14-11(9)12/h2-6,15H,1H3;2-5H,1H3. The molecule has 0 saturated heterocycles. The fourth-order valence-corrected chi connectivity index (χ4v) is 3.37. The largest absolute Gasteiger partial charge is 0.389 e. The fraction of sp³-hybridized carbons (Fsp3) is 0.136. The Morgan fingerprint density at radius 2 is 1.40 bits per heavy atom. The van der Waals surface area contributed by atoms with Gasteiger partial charge in [0.05, 0.1) is 22.7 Å². The Kier molecular flexibility index (Phi) is 6.61. The molecule has 1 N–H and O–H groups in total. The van der Waals surface area contributed by atoms with Crippen molar-refractivity contribution in [2.24, 2.45) is 0 Å². The number of rotatable bonds is 2. The van der Waals surface area contributed by atoms with Gasteiger partial charge in [0.15, 0.2) is 5.78 Å². The molecule has 0 spiro atoms. The van der Waals surface area contributed by atoms with Crippen molar-refractivity contribution in [1.29, 1.82) is 0 Å². The van der Waals surface area contributed by atoms with Crippen LogP contribution < -0.4 is 0 Å². The van der Waals surface area contributed by atoms with Gasteiger partial charge in [0.2, 0.25) is 0 Å². The Balaban J connectivity index is 0.000000171. The van der Waals surface area contributed by atoms with E-state index >= 15 is 0 Å². The van der Waals surface area contributed by atoms with Crippen molar-refractivity contribution in [3.05, 3.63) is 81.6 Å². The average molecular weight is 449 g/mol. The van der Waals surface area contributed by atoms with Crippen LogP contribution in [0.15, 0.2) is 48.5 Å². The second-order valence-electron chi connectivity index (χ2n) is 6.60. The van der Waals surface area contributed by atoms with E-state index < -0.39 is 6.10 Å². The van der Waals surface area contributed by atoms with E-state index in [1.165, 1.54) is 31.2 Å². The summed E-state index contributed by atoms with van der Waals surface area (Å²) in [5.74, 6) is -0.878. The molecule has 2 aromatic carbocycles. The third kappa shape index (κ3) is 4.90. The summed E-state index contributed by atoms with van der Waals surface area (Å²) < 4.78 is 25.8. The summed E-state index contributed by atoms with van der Waals surface area (Å²) >= 11 is 11.7. The van der Waals surface area contributed by atoms with Gasteiger partial charge in [0.25, 0.3) is 0 Å². The summed E-state index contributed by atoms with van der Waals surface area (Å²) in [5, 5.41) is 11.2. The number of aromatic nitrogens is 2. The number of carbonyl (C=O) groups is 1. The molecule has 0 aliphatic carbocycles. The number of nitrogens with zero attached hydrogens (tertiary/aromatic N) is 2. The number of Topliss-reactive ketones (excluding diaryl/α,β-unsaturated/α-hetero) is 1. The number of ketones is 1. The SMILES string of the molecule is CC(=O)c1cc2ccc(F)cc2nc1Cl.CC(O)c1cc2ccc(F)cc2nc1Cl. The second-order valence-corrected chi connectivity index (χ2v) is 7.32. The molecular formula is C22H16Cl2F2N2O2. The molecule has 0 aliphatic heterocycles. The Bertz CT molecular complexity index is 1260. The zero-order valence-electron chi connectivity index (χ0n) is 16.0. The van der Waals surface area contributed by atoms with Crippen molar-refractivity contribution in [2.45, 2.75) is 20.0 Å². The van der Waals surface area contributed by atoms with Crippen molar-refractivity contribution in [3.63, 3.8) is 0 Å². The Morgan fingerprint density at radius 1 is 0.900 bits per heavy atom. The molecule has 0 bridgehead atoms. The molecule has 0 saturated carbocycles. The van der Waals surface area contributed by atoms with Crippen LogP contribution in [0, 0.1) is 11.6 Å². The van der Waals surface area contributed by atoms with E-state index in [2.05, 4.69) is 9.97 Å². The number of aliphatic hydroxyl groups is 1. The van der Waals surface area contributed by atoms with Crippen LogP contribution >= 0.6 is 23.2 Å². The molecule has 4 rings (SSSR count). The van der Waals surface area contributed by atoms with Crippen molar-refractivity contribution < 1.29 is 18.7 Å². The predicted molar refractivity (Wildman–Crippen MR) is 114 cm³/mol. The van der Waals surface area contributed by atoms with E-state index in [1.807, 2.05) is 0 Å². The van der Waals surface area contributed by atoms with Crippen LogP contribution in [0.2, 0.25) is 10.3 Å². The molecule has 0 amide bonds. The number of fused-ring (bicyclic) bond motifs is 2. The van der Waals surface area contributed by atoms with E-state index in [1.54, 1.807) is 31.2 Å². The maximum Gasteiger partial charge on any atom is 0.162 e. The van der Waals surface area contributed by atoms with Crippen molar-refractivity contribution in [3.8, 4) is 0 Å². The summed E-state index contributed by atoms with van der Waals surface area (Å²) in [6.07, 6.45) is -0.681. The minimum Gasteiger partial charge on any atom is -0.389 e. The molecule has 2 heterocycles. The molecule has 30 heavy (non-hydrogen) atoms. The molecule has 2 aromatic heterocycles. The van der Waals surface area contributed by atoms with Gasteiger partial charge in [0, 0.05) is 28.5 Å². The zero-order chi connectivity index (χ0) is 22.0. The average Bonchev–Trinajstić information content (AvgIpc) is 2.66. The van der Waals surface area contributed by atoms with Crippen LogP contribution in [0.3, 0.4) is 0 Å². The molecule has 1 unspecified atom stereocenters. The van der Waals surface area contributed by atoms with E-state index in [4.69, 9.17) is 23.2 Å². The van der Waals surface area contributed by atoms with Crippen LogP contribution in [0.25, 0.3) is 21.8 Å². The molecular weight excluding hydrogens is 433 g/mol. The third-order valence-electron chi connectivity index (χ3n) is 4.32. The van der Waals surface area contributed by atoms with Gasteiger partial charge in [0.1, 0.15) is 21.9 Å². The normalized spacial score (nSPS) is 11.8. The molecule has 4 aromatic rings. The predicted octanol–water partition coefficient (Wildman–Crippen LogP) is 6.31. The number of aliphatic hydroxyl groups excluding tert-OH is 1. The van der Waals surface area contributed by atoms with Gasteiger partial charge >= 0.3 is 0 Å². The maximum absolute atomic E-state index is 12.9. The van der Waals surface area contributed by atoms with Gasteiger partial charge in [-0.25, -0.2) is 18.7 Å². The highest BCUT2D eigenvalue weighted by Crippen LogP contribution is 2.26. The van der Waals surface area contributed by atoms with Crippen LogP contribution in [-0.2, 0) is 0 Å². The summed E-state index contributed by atoms with van der Waals surface area (Å²) in [7, 11) is 0. The lowest BCUT2D eigenvalue weighted by Crippen LogP contribution is -1.96. The van der Waals surface area contributed by atoms with Gasteiger partial charge < -0.3 is 5.11 Å². The fourth-order valence-electron chi connectivity index (χ4n) is 2.79. The first-order valence-electron chi connectivity index (χ1n) is 8.86. The molecule has 8 heteroatoms. The molecule has 4 nitrogen and oxygen atoms in total. The number of halogens is 4. The molecule has 154 valence electrons. The second kappa shape index (κ2) is 9.00. The summed E-state index contributed by atoms with van der Waals surface area (Å²) in [6, 6.07) is 11.8. The lowest BCUT2D eigenvalue weighted by atomic mass is 10.1. The van der Waals surface area contributed by atoms with Gasteiger partial charge in [-0.1, -0.05) is 23.2 Å². The number of pyridine rings is 2. The summed E-state index contributed by atoms with van der Waals surface area (Å²) in [5.41, 5.74) is 1.85. The summed E-state index contributed by atoms with van der Waals surface area (Å²) in [4.78, 5) is 19.2. The molecule has 1 atom stereocenters. The summed E-state index contributed by atoms with van der Waals surface area (Å²) in [6.45, 7) is 3.02. The molecule has 0 radical (unpaired) electrons. The number of hydrogen-bond acceptors (Lipinski definition) is 4. The first-order chi connectivity index (χ1) is 14.2. The van der Waals surface area contributed by atoms with Crippen LogP contribution in [0.5, 0.6) is 0 Å². The molecule has 0 fully saturated rings. The van der Waals surface area contributed by atoms with E-state index in [9.17, 15) is 18.7 Å². The van der Waals surface area contributed by atoms with Crippen LogP contribution in [-0.4, -0.2) is 20.9 Å². The third-order valence-corrected chi connectivity index (χ3v) is 4.91. The van der Waals surface area contributed by atoms with E-state index in [0.29, 0.717) is 27.5 Å². The van der Waals surface area contributed by atoms with Gasteiger partial charge in [-0.3, -0.25) is 4.79 Å². The smallest absolute Gasteiger partial charge is 0.162 e. The lowest BCUT2D eigenvalue weighted by molar-refractivity contribution is 0.101. The minimum atomic E-state index is -0.681. The van der Waals surface area contributed by atoms with E-state index in [-0.39, 0.29) is 27.7 Å². The Labute approximate surface area is 181 Å². The van der Waals surface area contributed by atoms with Gasteiger partial charge in [-0.2, -0.15) is 0 Å². The highest BCUT2D eigenvalue weighted by atomic mass is 35.5. The van der Waals surface area contributed by atoms with Crippen molar-refractivity contribution >= 4 is 50.8 Å².